The van der Waals surface area contributed by atoms with Gasteiger partial charge in [-0.25, -0.2) is 0 Å². The van der Waals surface area contributed by atoms with Crippen LogP contribution in [0.25, 0.3) is 0 Å². The van der Waals surface area contributed by atoms with E-state index in [1.54, 1.807) is 0 Å². The third-order valence-electron chi connectivity index (χ3n) is 4.47. The molecule has 0 spiro atoms. The van der Waals surface area contributed by atoms with Crippen molar-refractivity contribution in [3.63, 3.8) is 0 Å². The van der Waals surface area contributed by atoms with Gasteiger partial charge in [0.15, 0.2) is 0 Å². The molecule has 2 N–H and O–H groups in total. The molecule has 118 valence electrons. The maximum absolute atomic E-state index is 10.1. The largest absolute Gasteiger partial charge is 0.394 e. The SMILES string of the molecule is CCCCN(C)CCC(CO)(NC1CC1)c1ccccc1. The zero-order chi connectivity index (χ0) is 15.1. The molecule has 1 fully saturated rings. The van der Waals surface area contributed by atoms with E-state index in [2.05, 4.69) is 48.5 Å². The van der Waals surface area contributed by atoms with Crippen molar-refractivity contribution in [3.05, 3.63) is 35.9 Å². The molecule has 1 unspecified atom stereocenters. The van der Waals surface area contributed by atoms with Gasteiger partial charge in [-0.2, -0.15) is 0 Å². The summed E-state index contributed by atoms with van der Waals surface area (Å²) in [6, 6.07) is 11.0. The van der Waals surface area contributed by atoms with Crippen LogP contribution in [0.15, 0.2) is 30.3 Å². The average Bonchev–Trinajstić information content (AvgIpc) is 3.34. The third-order valence-corrected chi connectivity index (χ3v) is 4.47. The van der Waals surface area contributed by atoms with Crippen LogP contribution in [0.3, 0.4) is 0 Å². The lowest BCUT2D eigenvalue weighted by Gasteiger charge is -2.35. The molecule has 1 atom stereocenters. The van der Waals surface area contributed by atoms with Crippen molar-refractivity contribution in [1.29, 1.82) is 0 Å². The van der Waals surface area contributed by atoms with E-state index in [1.807, 2.05) is 6.07 Å². The normalized spacial score (nSPS) is 17.9. The van der Waals surface area contributed by atoms with Crippen LogP contribution in [0.4, 0.5) is 0 Å². The molecular formula is C18H30N2O. The maximum atomic E-state index is 10.1. The lowest BCUT2D eigenvalue weighted by atomic mass is 9.86. The maximum Gasteiger partial charge on any atom is 0.0683 e. The Morgan fingerprint density at radius 2 is 1.95 bits per heavy atom. The molecule has 3 heteroatoms. The number of aliphatic hydroxyl groups is 1. The topological polar surface area (TPSA) is 35.5 Å². The molecule has 0 bridgehead atoms. The fraction of sp³-hybridized carbons (Fsp3) is 0.667. The molecule has 0 heterocycles. The molecule has 1 aliphatic rings. The monoisotopic (exact) mass is 290 g/mol. The second-order valence-corrected chi connectivity index (χ2v) is 6.43. The standard InChI is InChI=1S/C18H30N2O/c1-3-4-13-20(2)14-12-18(15-21,19-17-10-11-17)16-8-6-5-7-9-16/h5-9,17,19,21H,3-4,10-15H2,1-2H3. The first kappa shape index (κ1) is 16.5. The van der Waals surface area contributed by atoms with Crippen molar-refractivity contribution in [1.82, 2.24) is 10.2 Å². The van der Waals surface area contributed by atoms with Gasteiger partial charge in [-0.15, -0.1) is 0 Å². The van der Waals surface area contributed by atoms with Crippen molar-refractivity contribution >= 4 is 0 Å². The molecule has 21 heavy (non-hydrogen) atoms. The van der Waals surface area contributed by atoms with Gasteiger partial charge in [-0.1, -0.05) is 43.7 Å². The molecule has 2 rings (SSSR count). The van der Waals surface area contributed by atoms with Gasteiger partial charge in [-0.05, 0) is 44.8 Å². The van der Waals surface area contributed by atoms with Gasteiger partial charge < -0.3 is 15.3 Å². The molecule has 0 saturated heterocycles. The first-order valence-electron chi connectivity index (χ1n) is 8.33. The predicted molar refractivity (Wildman–Crippen MR) is 88.4 cm³/mol. The van der Waals surface area contributed by atoms with Gasteiger partial charge in [0.2, 0.25) is 0 Å². The Labute approximate surface area is 129 Å². The van der Waals surface area contributed by atoms with E-state index in [1.165, 1.54) is 31.2 Å². The number of nitrogens with zero attached hydrogens (tertiary/aromatic N) is 1. The van der Waals surface area contributed by atoms with Gasteiger partial charge in [-0.3, -0.25) is 0 Å². The lowest BCUT2D eigenvalue weighted by Crippen LogP contribution is -2.48. The molecule has 0 amide bonds. The number of unbranched alkanes of at least 4 members (excludes halogenated alkanes) is 1. The van der Waals surface area contributed by atoms with Crippen LogP contribution < -0.4 is 5.32 Å². The molecule has 3 nitrogen and oxygen atoms in total. The van der Waals surface area contributed by atoms with Crippen molar-refractivity contribution in [2.45, 2.75) is 50.6 Å². The summed E-state index contributed by atoms with van der Waals surface area (Å²) in [6.45, 7) is 4.53. The molecule has 0 aliphatic heterocycles. The van der Waals surface area contributed by atoms with E-state index in [-0.39, 0.29) is 12.1 Å². The number of hydrogen-bond acceptors (Lipinski definition) is 3. The number of aliphatic hydroxyl groups excluding tert-OH is 1. The molecule has 1 saturated carbocycles. The van der Waals surface area contributed by atoms with E-state index >= 15 is 0 Å². The van der Waals surface area contributed by atoms with Crippen LogP contribution >= 0.6 is 0 Å². The number of nitrogens with one attached hydrogen (secondary N) is 1. The fourth-order valence-corrected chi connectivity index (χ4v) is 2.81. The van der Waals surface area contributed by atoms with Gasteiger partial charge in [0.05, 0.1) is 12.1 Å². The van der Waals surface area contributed by atoms with Crippen LogP contribution in [0.2, 0.25) is 0 Å². The van der Waals surface area contributed by atoms with Crippen molar-refractivity contribution in [2.24, 2.45) is 0 Å². The van der Waals surface area contributed by atoms with Crippen LogP contribution in [0.1, 0.15) is 44.6 Å². The molecule has 1 aromatic carbocycles. The number of rotatable bonds is 10. The smallest absolute Gasteiger partial charge is 0.0683 e. The highest BCUT2D eigenvalue weighted by molar-refractivity contribution is 5.25. The summed E-state index contributed by atoms with van der Waals surface area (Å²) in [4.78, 5) is 2.38. The van der Waals surface area contributed by atoms with Crippen molar-refractivity contribution in [3.8, 4) is 0 Å². The highest BCUT2D eigenvalue weighted by atomic mass is 16.3. The average molecular weight is 290 g/mol. The van der Waals surface area contributed by atoms with Gasteiger partial charge in [0.1, 0.15) is 0 Å². The molecule has 1 aliphatic carbocycles. The summed E-state index contributed by atoms with van der Waals surface area (Å²) in [7, 11) is 2.18. The minimum atomic E-state index is -0.289. The van der Waals surface area contributed by atoms with Crippen LogP contribution in [-0.2, 0) is 5.54 Å². The van der Waals surface area contributed by atoms with Gasteiger partial charge >= 0.3 is 0 Å². The summed E-state index contributed by atoms with van der Waals surface area (Å²) in [5.41, 5.74) is 0.923. The zero-order valence-corrected chi connectivity index (χ0v) is 13.5. The Morgan fingerprint density at radius 1 is 1.24 bits per heavy atom. The second kappa shape index (κ2) is 7.92. The highest BCUT2D eigenvalue weighted by Crippen LogP contribution is 2.31. The van der Waals surface area contributed by atoms with Crippen molar-refractivity contribution < 1.29 is 5.11 Å². The van der Waals surface area contributed by atoms with E-state index < -0.39 is 0 Å². The minimum absolute atomic E-state index is 0.162. The lowest BCUT2D eigenvalue weighted by molar-refractivity contribution is 0.134. The summed E-state index contributed by atoms with van der Waals surface area (Å²) < 4.78 is 0. The van der Waals surface area contributed by atoms with Crippen molar-refractivity contribution in [2.75, 3.05) is 26.7 Å². The predicted octanol–water partition coefficient (Wildman–Crippen LogP) is 2.75. The highest BCUT2D eigenvalue weighted by Gasteiger charge is 2.37. The summed E-state index contributed by atoms with van der Waals surface area (Å²) in [5.74, 6) is 0. The first-order chi connectivity index (χ1) is 10.2. The minimum Gasteiger partial charge on any atom is -0.394 e. The molecular weight excluding hydrogens is 260 g/mol. The van der Waals surface area contributed by atoms with Crippen LogP contribution in [0, 0.1) is 0 Å². The zero-order valence-electron chi connectivity index (χ0n) is 13.5. The van der Waals surface area contributed by atoms with E-state index in [9.17, 15) is 5.11 Å². The number of hydrogen-bond donors (Lipinski definition) is 2. The summed E-state index contributed by atoms with van der Waals surface area (Å²) in [6.07, 6.45) is 5.89. The second-order valence-electron chi connectivity index (χ2n) is 6.43. The van der Waals surface area contributed by atoms with Crippen LogP contribution in [0.5, 0.6) is 0 Å². The Bertz CT molecular complexity index is 405. The van der Waals surface area contributed by atoms with Crippen LogP contribution in [-0.4, -0.2) is 42.8 Å². The Kier molecular flexibility index (Phi) is 6.22. The van der Waals surface area contributed by atoms with E-state index in [4.69, 9.17) is 0 Å². The van der Waals surface area contributed by atoms with Gasteiger partial charge in [0, 0.05) is 12.6 Å². The fourth-order valence-electron chi connectivity index (χ4n) is 2.81. The third kappa shape index (κ3) is 4.80. The van der Waals surface area contributed by atoms with E-state index in [0.29, 0.717) is 6.04 Å². The molecule has 0 radical (unpaired) electrons. The molecule has 0 aromatic heterocycles. The van der Waals surface area contributed by atoms with E-state index in [0.717, 1.165) is 19.5 Å². The number of benzene rings is 1. The Balaban J connectivity index is 2.04. The Morgan fingerprint density at radius 3 is 2.52 bits per heavy atom. The molecule has 1 aromatic rings. The summed E-state index contributed by atoms with van der Waals surface area (Å²) in [5, 5.41) is 13.8. The quantitative estimate of drug-likeness (QED) is 0.695. The Hall–Kier alpha value is -0.900. The first-order valence-corrected chi connectivity index (χ1v) is 8.33. The van der Waals surface area contributed by atoms with Gasteiger partial charge in [0.25, 0.3) is 0 Å². The summed E-state index contributed by atoms with van der Waals surface area (Å²) >= 11 is 0.